The first kappa shape index (κ1) is 9.95. The van der Waals surface area contributed by atoms with Gasteiger partial charge in [0.25, 0.3) is 0 Å². The Morgan fingerprint density at radius 3 is 2.69 bits per heavy atom. The summed E-state index contributed by atoms with van der Waals surface area (Å²) in [5.41, 5.74) is 0. The average Bonchev–Trinajstić information content (AvgIpc) is 2.15. The van der Waals surface area contributed by atoms with Gasteiger partial charge >= 0.3 is 0 Å². The standard InChI is InChI=1S/C9H10O3S/c1-2-11-12-7-13-9-5-3-8(10)4-6-9/h2-6,10H,1,7H2. The maximum Gasteiger partial charge on any atom is 0.144 e. The van der Waals surface area contributed by atoms with Crippen molar-refractivity contribution in [3.05, 3.63) is 37.1 Å². The molecule has 0 heterocycles. The first-order chi connectivity index (χ1) is 6.33. The molecule has 1 N–H and O–H groups in total. The number of hydrogen-bond donors (Lipinski definition) is 1. The van der Waals surface area contributed by atoms with Crippen LogP contribution in [0.2, 0.25) is 0 Å². The number of aromatic hydroxyl groups is 1. The third-order valence-electron chi connectivity index (χ3n) is 1.25. The lowest BCUT2D eigenvalue weighted by molar-refractivity contribution is -0.229. The third-order valence-corrected chi connectivity index (χ3v) is 2.07. The lowest BCUT2D eigenvalue weighted by Crippen LogP contribution is -1.85. The molecule has 0 aliphatic rings. The van der Waals surface area contributed by atoms with Crippen LogP contribution in [-0.4, -0.2) is 11.0 Å². The van der Waals surface area contributed by atoms with Crippen LogP contribution in [0, 0.1) is 0 Å². The van der Waals surface area contributed by atoms with Gasteiger partial charge in [0.2, 0.25) is 0 Å². The van der Waals surface area contributed by atoms with E-state index in [1.165, 1.54) is 18.0 Å². The largest absolute Gasteiger partial charge is 0.508 e. The van der Waals surface area contributed by atoms with Crippen LogP contribution < -0.4 is 0 Å². The van der Waals surface area contributed by atoms with E-state index >= 15 is 0 Å². The smallest absolute Gasteiger partial charge is 0.144 e. The summed E-state index contributed by atoms with van der Waals surface area (Å²) < 4.78 is 0. The Kier molecular flexibility index (Phi) is 4.21. The SMILES string of the molecule is C=COOCSc1ccc(O)cc1. The van der Waals surface area contributed by atoms with Crippen molar-refractivity contribution >= 4 is 11.8 Å². The number of thioether (sulfide) groups is 1. The van der Waals surface area contributed by atoms with E-state index in [9.17, 15) is 0 Å². The van der Waals surface area contributed by atoms with Gasteiger partial charge in [0, 0.05) is 4.90 Å². The molecular formula is C9H10O3S. The number of phenols is 1. The van der Waals surface area contributed by atoms with Crippen LogP contribution in [0.25, 0.3) is 0 Å². The predicted molar refractivity (Wildman–Crippen MR) is 51.2 cm³/mol. The zero-order valence-electron chi connectivity index (χ0n) is 6.97. The van der Waals surface area contributed by atoms with Crippen LogP contribution in [0.5, 0.6) is 5.75 Å². The van der Waals surface area contributed by atoms with Gasteiger partial charge in [-0.25, -0.2) is 0 Å². The van der Waals surface area contributed by atoms with Gasteiger partial charge in [0.1, 0.15) is 18.0 Å². The predicted octanol–water partition coefficient (Wildman–Crippen LogP) is 2.53. The van der Waals surface area contributed by atoms with E-state index in [2.05, 4.69) is 11.5 Å². The lowest BCUT2D eigenvalue weighted by atomic mass is 10.3. The van der Waals surface area contributed by atoms with Gasteiger partial charge in [-0.3, -0.25) is 0 Å². The molecule has 0 saturated carbocycles. The molecule has 0 spiro atoms. The number of phenolic OH excluding ortho intramolecular Hbond substituents is 1. The summed E-state index contributed by atoms with van der Waals surface area (Å²) in [6.07, 6.45) is 1.22. The third kappa shape index (κ3) is 3.87. The fourth-order valence-corrected chi connectivity index (χ4v) is 1.28. The number of rotatable bonds is 5. The molecule has 0 atom stereocenters. The molecular weight excluding hydrogens is 188 g/mol. The quantitative estimate of drug-likeness (QED) is 0.197. The van der Waals surface area contributed by atoms with Crippen LogP contribution in [0.15, 0.2) is 42.0 Å². The molecule has 0 aromatic heterocycles. The second-order valence-corrected chi connectivity index (χ2v) is 3.13. The van der Waals surface area contributed by atoms with Gasteiger partial charge in [0.05, 0.1) is 0 Å². The zero-order chi connectivity index (χ0) is 9.52. The Hall–Kier alpha value is -1.13. The van der Waals surface area contributed by atoms with Crippen molar-refractivity contribution in [2.75, 3.05) is 5.94 Å². The van der Waals surface area contributed by atoms with Crippen LogP contribution in [-0.2, 0) is 9.78 Å². The van der Waals surface area contributed by atoms with E-state index in [1.54, 1.807) is 24.3 Å². The first-order valence-corrected chi connectivity index (χ1v) is 4.62. The minimum atomic E-state index is 0.257. The van der Waals surface area contributed by atoms with Gasteiger partial charge in [-0.05, 0) is 24.3 Å². The number of benzene rings is 1. The van der Waals surface area contributed by atoms with E-state index in [1.807, 2.05) is 0 Å². The summed E-state index contributed by atoms with van der Waals surface area (Å²) >= 11 is 1.46. The van der Waals surface area contributed by atoms with Crippen molar-refractivity contribution in [3.63, 3.8) is 0 Å². The molecule has 70 valence electrons. The normalized spacial score (nSPS) is 9.54. The Labute approximate surface area is 80.9 Å². The van der Waals surface area contributed by atoms with Gasteiger partial charge < -0.3 is 9.99 Å². The second-order valence-electron chi connectivity index (χ2n) is 2.14. The van der Waals surface area contributed by atoms with Crippen molar-refractivity contribution in [1.82, 2.24) is 0 Å². The average molecular weight is 198 g/mol. The van der Waals surface area contributed by atoms with E-state index in [4.69, 9.17) is 9.99 Å². The summed E-state index contributed by atoms with van der Waals surface area (Å²) in [5.74, 6) is 0.643. The highest BCUT2D eigenvalue weighted by Crippen LogP contribution is 2.20. The Bertz CT molecular complexity index is 258. The summed E-state index contributed by atoms with van der Waals surface area (Å²) in [6.45, 7) is 3.33. The second kappa shape index (κ2) is 5.50. The minimum absolute atomic E-state index is 0.257. The molecule has 0 fully saturated rings. The highest BCUT2D eigenvalue weighted by molar-refractivity contribution is 7.99. The lowest BCUT2D eigenvalue weighted by Gasteiger charge is -2.00. The van der Waals surface area contributed by atoms with Crippen molar-refractivity contribution in [3.8, 4) is 5.75 Å². The van der Waals surface area contributed by atoms with Gasteiger partial charge in [-0.15, -0.1) is 0 Å². The molecule has 4 heteroatoms. The molecule has 1 rings (SSSR count). The van der Waals surface area contributed by atoms with E-state index < -0.39 is 0 Å². The fourth-order valence-electron chi connectivity index (χ4n) is 0.710. The van der Waals surface area contributed by atoms with Crippen molar-refractivity contribution in [2.45, 2.75) is 4.90 Å². The summed E-state index contributed by atoms with van der Waals surface area (Å²) in [6, 6.07) is 6.85. The molecule has 13 heavy (non-hydrogen) atoms. The molecule has 0 bridgehead atoms. The zero-order valence-corrected chi connectivity index (χ0v) is 7.79. The van der Waals surface area contributed by atoms with E-state index in [-0.39, 0.29) is 5.75 Å². The Morgan fingerprint density at radius 1 is 1.38 bits per heavy atom. The van der Waals surface area contributed by atoms with Crippen molar-refractivity contribution in [1.29, 1.82) is 0 Å². The molecule has 0 radical (unpaired) electrons. The highest BCUT2D eigenvalue weighted by Gasteiger charge is 1.93. The maximum absolute atomic E-state index is 8.99. The van der Waals surface area contributed by atoms with Crippen LogP contribution in [0.4, 0.5) is 0 Å². The maximum atomic E-state index is 8.99. The first-order valence-electron chi connectivity index (χ1n) is 3.64. The highest BCUT2D eigenvalue weighted by atomic mass is 32.2. The molecule has 0 amide bonds. The minimum Gasteiger partial charge on any atom is -0.508 e. The van der Waals surface area contributed by atoms with Gasteiger partial charge in [-0.1, -0.05) is 18.3 Å². The fraction of sp³-hybridized carbons (Fsp3) is 0.111. The molecule has 1 aromatic rings. The Balaban J connectivity index is 2.28. The van der Waals surface area contributed by atoms with Gasteiger partial charge in [-0.2, -0.15) is 4.89 Å². The summed E-state index contributed by atoms with van der Waals surface area (Å²) in [5, 5.41) is 8.99. The molecule has 0 aliphatic carbocycles. The number of hydrogen-bond acceptors (Lipinski definition) is 4. The Morgan fingerprint density at radius 2 is 2.08 bits per heavy atom. The van der Waals surface area contributed by atoms with Crippen molar-refractivity contribution in [2.24, 2.45) is 0 Å². The van der Waals surface area contributed by atoms with E-state index in [0.717, 1.165) is 4.90 Å². The van der Waals surface area contributed by atoms with Crippen LogP contribution >= 0.6 is 11.8 Å². The van der Waals surface area contributed by atoms with Crippen LogP contribution in [0.3, 0.4) is 0 Å². The van der Waals surface area contributed by atoms with Gasteiger partial charge in [0.15, 0.2) is 0 Å². The molecule has 3 nitrogen and oxygen atoms in total. The van der Waals surface area contributed by atoms with E-state index in [0.29, 0.717) is 5.94 Å². The topological polar surface area (TPSA) is 38.7 Å². The monoisotopic (exact) mass is 198 g/mol. The summed E-state index contributed by atoms with van der Waals surface area (Å²) in [7, 11) is 0. The van der Waals surface area contributed by atoms with Crippen molar-refractivity contribution < 1.29 is 14.9 Å². The molecule has 1 aromatic carbocycles. The van der Waals surface area contributed by atoms with Crippen LogP contribution in [0.1, 0.15) is 0 Å². The molecule has 0 saturated heterocycles. The summed E-state index contributed by atoms with van der Waals surface area (Å²) in [4.78, 5) is 10.2. The molecule has 0 aliphatic heterocycles. The molecule has 0 unspecified atom stereocenters.